The Bertz CT molecular complexity index is 440. The first kappa shape index (κ1) is 12.9. The molecule has 1 aliphatic rings. The van der Waals surface area contributed by atoms with Gasteiger partial charge in [-0.05, 0) is 12.5 Å². The average Bonchev–Trinajstić information content (AvgIpc) is 2.70. The van der Waals surface area contributed by atoms with Crippen molar-refractivity contribution in [3.05, 3.63) is 29.8 Å². The summed E-state index contributed by atoms with van der Waals surface area (Å²) in [4.78, 5) is 11.8. The molecule has 0 spiro atoms. The third kappa shape index (κ3) is 3.03. The van der Waals surface area contributed by atoms with Gasteiger partial charge in [0, 0.05) is 18.4 Å². The van der Waals surface area contributed by atoms with E-state index in [1.54, 1.807) is 24.3 Å². The van der Waals surface area contributed by atoms with Gasteiger partial charge in [-0.3, -0.25) is 4.79 Å². The van der Waals surface area contributed by atoms with Crippen molar-refractivity contribution in [1.29, 1.82) is 0 Å². The fourth-order valence-corrected chi connectivity index (χ4v) is 2.07. The Morgan fingerprint density at radius 1 is 1.33 bits per heavy atom. The second-order valence-corrected chi connectivity index (χ2v) is 4.34. The van der Waals surface area contributed by atoms with Crippen molar-refractivity contribution in [1.82, 2.24) is 0 Å². The minimum Gasteiger partial charge on any atom is -0.492 e. The number of alkyl halides is 3. The molecule has 0 bridgehead atoms. The van der Waals surface area contributed by atoms with Crippen molar-refractivity contribution in [2.75, 3.05) is 6.61 Å². The highest BCUT2D eigenvalue weighted by Crippen LogP contribution is 2.35. The van der Waals surface area contributed by atoms with E-state index in [1.165, 1.54) is 0 Å². The molecule has 0 saturated heterocycles. The number of carbonyl (C=O) groups excluding carboxylic acids is 1. The fraction of sp³-hybridized carbons (Fsp3) is 0.462. The molecule has 0 aromatic heterocycles. The number of hydrogen-bond donors (Lipinski definition) is 0. The van der Waals surface area contributed by atoms with Gasteiger partial charge in [-0.15, -0.1) is 0 Å². The number of hydrogen-bond acceptors (Lipinski definition) is 2. The lowest BCUT2D eigenvalue weighted by atomic mass is 9.94. The van der Waals surface area contributed by atoms with Gasteiger partial charge in [-0.1, -0.05) is 18.2 Å². The molecule has 1 atom stereocenters. The zero-order valence-electron chi connectivity index (χ0n) is 9.67. The van der Waals surface area contributed by atoms with Crippen molar-refractivity contribution in [2.45, 2.75) is 31.4 Å². The van der Waals surface area contributed by atoms with Crippen LogP contribution in [0.1, 0.15) is 30.7 Å². The SMILES string of the molecule is O=C(CCCC(F)(F)F)C1COc2ccccc21. The molecule has 5 heteroatoms. The molecule has 1 unspecified atom stereocenters. The Morgan fingerprint density at radius 3 is 2.78 bits per heavy atom. The van der Waals surface area contributed by atoms with Gasteiger partial charge in [0.2, 0.25) is 0 Å². The summed E-state index contributed by atoms with van der Waals surface area (Å²) >= 11 is 0. The summed E-state index contributed by atoms with van der Waals surface area (Å²) in [5, 5.41) is 0. The second-order valence-electron chi connectivity index (χ2n) is 4.34. The molecule has 2 nitrogen and oxygen atoms in total. The Balaban J connectivity index is 1.92. The molecule has 1 aromatic carbocycles. The third-order valence-corrected chi connectivity index (χ3v) is 2.97. The van der Waals surface area contributed by atoms with Crippen molar-refractivity contribution >= 4 is 5.78 Å². The minimum absolute atomic E-state index is 0.0537. The highest BCUT2D eigenvalue weighted by Gasteiger charge is 2.31. The Hall–Kier alpha value is -1.52. The van der Waals surface area contributed by atoms with Crippen LogP contribution in [0.4, 0.5) is 13.2 Å². The minimum atomic E-state index is -4.19. The number of halogens is 3. The summed E-state index contributed by atoms with van der Waals surface area (Å²) in [5.74, 6) is 0.0744. The van der Waals surface area contributed by atoms with Crippen molar-refractivity contribution in [2.24, 2.45) is 0 Å². The van der Waals surface area contributed by atoms with E-state index in [-0.39, 0.29) is 25.2 Å². The smallest absolute Gasteiger partial charge is 0.389 e. The second kappa shape index (κ2) is 5.00. The summed E-state index contributed by atoms with van der Waals surface area (Å²) in [6, 6.07) is 7.14. The molecule has 0 fully saturated rings. The van der Waals surface area contributed by atoms with Crippen LogP contribution in [0.15, 0.2) is 24.3 Å². The molecule has 1 heterocycles. The first-order valence-electron chi connectivity index (χ1n) is 5.78. The van der Waals surface area contributed by atoms with Crippen molar-refractivity contribution in [3.8, 4) is 5.75 Å². The molecule has 2 rings (SSSR count). The molecule has 1 aliphatic heterocycles. The normalized spacial score (nSPS) is 18.3. The van der Waals surface area contributed by atoms with Gasteiger partial charge in [-0.25, -0.2) is 0 Å². The highest BCUT2D eigenvalue weighted by atomic mass is 19.4. The number of para-hydroxylation sites is 1. The number of fused-ring (bicyclic) bond motifs is 1. The van der Waals surface area contributed by atoms with Gasteiger partial charge in [-0.2, -0.15) is 13.2 Å². The number of benzene rings is 1. The Morgan fingerprint density at radius 2 is 2.06 bits per heavy atom. The van der Waals surface area contributed by atoms with Crippen molar-refractivity contribution < 1.29 is 22.7 Å². The number of rotatable bonds is 4. The lowest BCUT2D eigenvalue weighted by Gasteiger charge is -2.09. The van der Waals surface area contributed by atoms with Crippen LogP contribution in [0.25, 0.3) is 0 Å². The molecule has 1 aromatic rings. The van der Waals surface area contributed by atoms with Crippen LogP contribution in [-0.2, 0) is 4.79 Å². The summed E-state index contributed by atoms with van der Waals surface area (Å²) < 4.78 is 41.3. The van der Waals surface area contributed by atoms with Crippen LogP contribution in [0.2, 0.25) is 0 Å². The average molecular weight is 258 g/mol. The number of carbonyl (C=O) groups is 1. The Labute approximate surface area is 103 Å². The standard InChI is InChI=1S/C13H13F3O2/c14-13(15,16)7-3-5-11(17)10-8-18-12-6-2-1-4-9(10)12/h1-2,4,6,10H,3,5,7-8H2. The van der Waals surface area contributed by atoms with E-state index < -0.39 is 18.5 Å². The first-order chi connectivity index (χ1) is 8.47. The van der Waals surface area contributed by atoms with E-state index >= 15 is 0 Å². The number of Topliss-reactive ketones (excluding diaryl/α,β-unsaturated/α-hetero) is 1. The quantitative estimate of drug-likeness (QED) is 0.826. The van der Waals surface area contributed by atoms with E-state index in [2.05, 4.69) is 0 Å². The largest absolute Gasteiger partial charge is 0.492 e. The van der Waals surface area contributed by atoms with Gasteiger partial charge < -0.3 is 4.74 Å². The van der Waals surface area contributed by atoms with Gasteiger partial charge in [0.15, 0.2) is 0 Å². The van der Waals surface area contributed by atoms with Crippen LogP contribution in [-0.4, -0.2) is 18.6 Å². The first-order valence-corrected chi connectivity index (χ1v) is 5.78. The zero-order valence-corrected chi connectivity index (χ0v) is 9.67. The van der Waals surface area contributed by atoms with Crippen LogP contribution in [0.5, 0.6) is 5.75 Å². The summed E-state index contributed by atoms with van der Waals surface area (Å²) in [7, 11) is 0. The fourth-order valence-electron chi connectivity index (χ4n) is 2.07. The van der Waals surface area contributed by atoms with Gasteiger partial charge in [0.1, 0.15) is 18.1 Å². The van der Waals surface area contributed by atoms with E-state index in [0.717, 1.165) is 5.56 Å². The van der Waals surface area contributed by atoms with Gasteiger partial charge in [0.05, 0.1) is 5.92 Å². The Kier molecular flexibility index (Phi) is 3.59. The maximum Gasteiger partial charge on any atom is 0.389 e. The maximum atomic E-state index is 12.0. The molecular formula is C13H13F3O2. The molecule has 18 heavy (non-hydrogen) atoms. The molecule has 0 radical (unpaired) electrons. The summed E-state index contributed by atoms with van der Waals surface area (Å²) in [6.07, 6.45) is -5.30. The summed E-state index contributed by atoms with van der Waals surface area (Å²) in [6.45, 7) is 0.240. The van der Waals surface area contributed by atoms with Crippen LogP contribution in [0.3, 0.4) is 0 Å². The molecule has 0 aliphatic carbocycles. The number of ether oxygens (including phenoxy) is 1. The highest BCUT2D eigenvalue weighted by molar-refractivity contribution is 5.87. The molecule has 0 amide bonds. The third-order valence-electron chi connectivity index (χ3n) is 2.97. The van der Waals surface area contributed by atoms with Crippen LogP contribution < -0.4 is 4.74 Å². The van der Waals surface area contributed by atoms with Crippen molar-refractivity contribution in [3.63, 3.8) is 0 Å². The van der Waals surface area contributed by atoms with E-state index in [9.17, 15) is 18.0 Å². The molecular weight excluding hydrogens is 245 g/mol. The molecule has 0 N–H and O–H groups in total. The summed E-state index contributed by atoms with van der Waals surface area (Å²) in [5.41, 5.74) is 0.787. The zero-order chi connectivity index (χ0) is 13.2. The topological polar surface area (TPSA) is 26.3 Å². The lowest BCUT2D eigenvalue weighted by Crippen LogP contribution is -2.15. The van der Waals surface area contributed by atoms with Gasteiger partial charge in [0.25, 0.3) is 0 Å². The van der Waals surface area contributed by atoms with E-state index in [0.29, 0.717) is 5.75 Å². The predicted octanol–water partition coefficient (Wildman–Crippen LogP) is 3.46. The number of ketones is 1. The van der Waals surface area contributed by atoms with E-state index in [4.69, 9.17) is 4.74 Å². The van der Waals surface area contributed by atoms with Crippen LogP contribution in [0, 0.1) is 0 Å². The predicted molar refractivity (Wildman–Crippen MR) is 59.6 cm³/mol. The van der Waals surface area contributed by atoms with E-state index in [1.807, 2.05) is 0 Å². The monoisotopic (exact) mass is 258 g/mol. The van der Waals surface area contributed by atoms with Crippen LogP contribution >= 0.6 is 0 Å². The lowest BCUT2D eigenvalue weighted by molar-refractivity contribution is -0.137. The van der Waals surface area contributed by atoms with Gasteiger partial charge >= 0.3 is 6.18 Å². The maximum absolute atomic E-state index is 12.0. The molecule has 98 valence electrons. The molecule has 0 saturated carbocycles.